The molecule has 1 heterocycles. The fourth-order valence-corrected chi connectivity index (χ4v) is 3.03. The quantitative estimate of drug-likeness (QED) is 0.601. The van der Waals surface area contributed by atoms with Gasteiger partial charge < -0.3 is 10.4 Å². The van der Waals surface area contributed by atoms with E-state index in [1.54, 1.807) is 0 Å². The van der Waals surface area contributed by atoms with Crippen LogP contribution < -0.4 is 5.32 Å². The highest BCUT2D eigenvalue weighted by Gasteiger charge is 2.10. The fraction of sp³-hybridized carbons (Fsp3) is 0.533. The lowest BCUT2D eigenvalue weighted by Crippen LogP contribution is -2.23. The largest absolute Gasteiger partial charge is 0.395 e. The van der Waals surface area contributed by atoms with Crippen molar-refractivity contribution in [3.63, 3.8) is 0 Å². The van der Waals surface area contributed by atoms with Crippen LogP contribution in [0.2, 0.25) is 0 Å². The maximum absolute atomic E-state index is 12.0. The number of thioether (sulfide) groups is 1. The van der Waals surface area contributed by atoms with Crippen LogP contribution in [0.5, 0.6) is 0 Å². The molecule has 0 fully saturated rings. The van der Waals surface area contributed by atoms with Crippen molar-refractivity contribution >= 4 is 29.0 Å². The Labute approximate surface area is 129 Å². The van der Waals surface area contributed by atoms with E-state index in [-0.39, 0.29) is 12.5 Å². The highest BCUT2D eigenvalue weighted by molar-refractivity contribution is 7.98. The summed E-state index contributed by atoms with van der Waals surface area (Å²) in [5.74, 6) is 7.01. The minimum atomic E-state index is -0.0162. The monoisotopic (exact) mass is 311 g/mol. The number of rotatable bonds is 7. The first kappa shape index (κ1) is 17.1. The summed E-state index contributed by atoms with van der Waals surface area (Å²) in [6.45, 7) is 2.75. The van der Waals surface area contributed by atoms with Crippen LogP contribution in [0, 0.1) is 18.8 Å². The molecule has 20 heavy (non-hydrogen) atoms. The number of hydrogen-bond donors (Lipinski definition) is 2. The first-order chi connectivity index (χ1) is 9.69. The molecule has 110 valence electrons. The van der Waals surface area contributed by atoms with Crippen LogP contribution in [0.4, 0.5) is 0 Å². The molecule has 3 nitrogen and oxygen atoms in total. The minimum Gasteiger partial charge on any atom is -0.395 e. The van der Waals surface area contributed by atoms with Gasteiger partial charge in [0.15, 0.2) is 0 Å². The molecule has 1 aromatic heterocycles. The second kappa shape index (κ2) is 9.87. The van der Waals surface area contributed by atoms with Gasteiger partial charge in [0.1, 0.15) is 0 Å². The Balaban J connectivity index is 2.49. The van der Waals surface area contributed by atoms with Gasteiger partial charge >= 0.3 is 0 Å². The molecule has 2 N–H and O–H groups in total. The van der Waals surface area contributed by atoms with Crippen molar-refractivity contribution in [2.45, 2.75) is 26.2 Å². The van der Waals surface area contributed by atoms with Crippen LogP contribution in [-0.4, -0.2) is 36.2 Å². The van der Waals surface area contributed by atoms with Gasteiger partial charge in [-0.25, -0.2) is 0 Å². The highest BCUT2D eigenvalue weighted by Crippen LogP contribution is 2.20. The maximum Gasteiger partial charge on any atom is 0.261 e. The summed E-state index contributed by atoms with van der Waals surface area (Å²) in [6.07, 6.45) is 4.70. The van der Waals surface area contributed by atoms with Gasteiger partial charge in [-0.2, -0.15) is 11.8 Å². The molecular weight excluding hydrogens is 290 g/mol. The van der Waals surface area contributed by atoms with Crippen LogP contribution in [0.1, 0.15) is 39.4 Å². The number of thiophene rings is 1. The molecule has 1 amide bonds. The fourth-order valence-electron chi connectivity index (χ4n) is 1.58. The first-order valence-electron chi connectivity index (χ1n) is 6.66. The van der Waals surface area contributed by atoms with E-state index in [1.807, 2.05) is 24.8 Å². The highest BCUT2D eigenvalue weighted by atomic mass is 32.2. The zero-order valence-corrected chi connectivity index (χ0v) is 13.6. The number of amides is 1. The molecule has 0 aliphatic carbocycles. The van der Waals surface area contributed by atoms with E-state index in [1.165, 1.54) is 11.3 Å². The molecule has 0 aromatic carbocycles. The number of aliphatic hydroxyl groups excluding tert-OH is 1. The number of carbonyl (C=O) groups is 1. The van der Waals surface area contributed by atoms with E-state index in [4.69, 9.17) is 5.11 Å². The number of aryl methyl sites for hydroxylation is 1. The van der Waals surface area contributed by atoms with Crippen LogP contribution in [-0.2, 0) is 0 Å². The summed E-state index contributed by atoms with van der Waals surface area (Å²) in [6, 6.07) is 1.88. The van der Waals surface area contributed by atoms with Crippen molar-refractivity contribution in [2.24, 2.45) is 0 Å². The van der Waals surface area contributed by atoms with Crippen molar-refractivity contribution < 1.29 is 9.90 Å². The third-order valence-corrected chi connectivity index (χ3v) is 4.49. The van der Waals surface area contributed by atoms with Gasteiger partial charge in [-0.15, -0.1) is 11.3 Å². The summed E-state index contributed by atoms with van der Waals surface area (Å²) in [5.41, 5.74) is 1.02. The van der Waals surface area contributed by atoms with E-state index in [2.05, 4.69) is 23.4 Å². The van der Waals surface area contributed by atoms with Crippen LogP contribution in [0.3, 0.4) is 0 Å². The van der Waals surface area contributed by atoms with Gasteiger partial charge in [-0.1, -0.05) is 11.8 Å². The average molecular weight is 311 g/mol. The lowest BCUT2D eigenvalue weighted by molar-refractivity contribution is 0.0957. The van der Waals surface area contributed by atoms with Crippen molar-refractivity contribution in [1.82, 2.24) is 5.32 Å². The van der Waals surface area contributed by atoms with Gasteiger partial charge in [0.2, 0.25) is 0 Å². The first-order valence-corrected chi connectivity index (χ1v) is 8.87. The zero-order chi connectivity index (χ0) is 14.8. The number of carbonyl (C=O) groups excluding carboxylic acids is 1. The van der Waals surface area contributed by atoms with E-state index in [0.717, 1.165) is 35.6 Å². The molecule has 0 radical (unpaired) electrons. The molecule has 1 rings (SSSR count). The van der Waals surface area contributed by atoms with E-state index < -0.39 is 0 Å². The number of hydrogen-bond acceptors (Lipinski definition) is 4. The Morgan fingerprint density at radius 2 is 2.30 bits per heavy atom. The van der Waals surface area contributed by atoms with E-state index >= 15 is 0 Å². The Morgan fingerprint density at radius 1 is 1.50 bits per heavy atom. The topological polar surface area (TPSA) is 49.3 Å². The van der Waals surface area contributed by atoms with Crippen LogP contribution in [0.25, 0.3) is 0 Å². The van der Waals surface area contributed by atoms with Crippen molar-refractivity contribution in [1.29, 1.82) is 0 Å². The van der Waals surface area contributed by atoms with Crippen molar-refractivity contribution in [2.75, 3.05) is 25.2 Å². The lowest BCUT2D eigenvalue weighted by Gasteiger charge is -2.02. The van der Waals surface area contributed by atoms with Gasteiger partial charge in [0.25, 0.3) is 5.91 Å². The second-order valence-electron chi connectivity index (χ2n) is 4.35. The third kappa shape index (κ3) is 6.00. The van der Waals surface area contributed by atoms with Crippen molar-refractivity contribution in [3.05, 3.63) is 21.4 Å². The summed E-state index contributed by atoms with van der Waals surface area (Å²) in [7, 11) is 0. The van der Waals surface area contributed by atoms with Crippen molar-refractivity contribution in [3.8, 4) is 11.8 Å². The standard InChI is InChI=1S/C15H21NO2S2/c1-12-11-14(20-13(12)7-3-5-9-17)15(18)16-8-4-6-10-19-2/h11,17H,4-6,8-10H2,1-2H3,(H,16,18). The van der Waals surface area contributed by atoms with Gasteiger partial charge in [0, 0.05) is 13.0 Å². The normalized spacial score (nSPS) is 9.95. The molecular formula is C15H21NO2S2. The Bertz CT molecular complexity index is 486. The van der Waals surface area contributed by atoms with Crippen LogP contribution >= 0.6 is 23.1 Å². The lowest BCUT2D eigenvalue weighted by atomic mass is 10.2. The maximum atomic E-state index is 12.0. The van der Waals surface area contributed by atoms with Crippen LogP contribution in [0.15, 0.2) is 6.07 Å². The molecule has 0 saturated carbocycles. The number of nitrogens with one attached hydrogen (secondary N) is 1. The minimum absolute atomic E-state index is 0.0162. The molecule has 0 atom stereocenters. The number of aliphatic hydroxyl groups is 1. The molecule has 0 saturated heterocycles. The number of unbranched alkanes of at least 4 members (excludes halogenated alkanes) is 1. The summed E-state index contributed by atoms with van der Waals surface area (Å²) in [4.78, 5) is 13.6. The van der Waals surface area contributed by atoms with E-state index in [9.17, 15) is 4.79 Å². The van der Waals surface area contributed by atoms with Gasteiger partial charge in [-0.3, -0.25) is 4.79 Å². The van der Waals surface area contributed by atoms with E-state index in [0.29, 0.717) is 11.3 Å². The predicted molar refractivity (Wildman–Crippen MR) is 87.6 cm³/mol. The SMILES string of the molecule is CSCCCCNC(=O)c1cc(C)c(C#CCCO)s1. The summed E-state index contributed by atoms with van der Waals surface area (Å²) < 4.78 is 0. The second-order valence-corrected chi connectivity index (χ2v) is 6.39. The molecule has 0 bridgehead atoms. The Hall–Kier alpha value is -0.960. The molecule has 0 unspecified atom stereocenters. The molecule has 0 spiro atoms. The summed E-state index contributed by atoms with van der Waals surface area (Å²) >= 11 is 3.24. The van der Waals surface area contributed by atoms with Gasteiger partial charge in [0.05, 0.1) is 16.4 Å². The molecule has 0 aliphatic rings. The molecule has 0 aliphatic heterocycles. The predicted octanol–water partition coefficient (Wildman–Crippen LogP) is 2.66. The summed E-state index contributed by atoms with van der Waals surface area (Å²) in [5, 5.41) is 11.6. The Kier molecular flexibility index (Phi) is 8.43. The Morgan fingerprint density at radius 3 is 3.00 bits per heavy atom. The smallest absolute Gasteiger partial charge is 0.261 e. The third-order valence-electron chi connectivity index (χ3n) is 2.64. The zero-order valence-electron chi connectivity index (χ0n) is 12.0. The average Bonchev–Trinajstić information content (AvgIpc) is 2.80. The molecule has 5 heteroatoms. The molecule has 1 aromatic rings. The van der Waals surface area contributed by atoms with Gasteiger partial charge in [-0.05, 0) is 43.4 Å².